The van der Waals surface area contributed by atoms with E-state index in [4.69, 9.17) is 20.5 Å². The minimum atomic E-state index is -0.986. The van der Waals surface area contributed by atoms with Crippen LogP contribution in [0.1, 0.15) is 28.0 Å². The van der Waals surface area contributed by atoms with Crippen LogP contribution >= 0.6 is 0 Å². The number of amides is 1. The summed E-state index contributed by atoms with van der Waals surface area (Å²) in [6.45, 7) is 0.580. The van der Waals surface area contributed by atoms with Crippen molar-refractivity contribution in [3.63, 3.8) is 0 Å². The van der Waals surface area contributed by atoms with Gasteiger partial charge >= 0.3 is 0 Å². The van der Waals surface area contributed by atoms with E-state index in [2.05, 4.69) is 15.3 Å². The minimum Gasteiger partial charge on any atom is -0.463 e. The SMILES string of the molecule is N#Cc1ccc(C(=O)Nc2ccc(F)c([C@@]34CCO[C@@H]3COC(N)=N4)c2)nc1. The van der Waals surface area contributed by atoms with Crippen molar-refractivity contribution in [3.05, 3.63) is 59.2 Å². The Morgan fingerprint density at radius 3 is 3.00 bits per heavy atom. The van der Waals surface area contributed by atoms with Crippen LogP contribution in [0.4, 0.5) is 10.1 Å². The zero-order chi connectivity index (χ0) is 19.7. The Hall–Kier alpha value is -3.51. The van der Waals surface area contributed by atoms with Crippen LogP contribution in [-0.2, 0) is 15.0 Å². The predicted octanol–water partition coefficient (Wildman–Crippen LogP) is 1.67. The Kier molecular flexibility index (Phi) is 4.41. The molecule has 9 heteroatoms. The lowest BCUT2D eigenvalue weighted by molar-refractivity contribution is 0.0208. The number of carbonyl (C=O) groups excluding carboxylic acids is 1. The van der Waals surface area contributed by atoms with Crippen LogP contribution in [0.25, 0.3) is 0 Å². The quantitative estimate of drug-likeness (QED) is 0.834. The molecule has 0 unspecified atom stereocenters. The first-order valence-corrected chi connectivity index (χ1v) is 8.59. The zero-order valence-electron chi connectivity index (χ0n) is 14.7. The van der Waals surface area contributed by atoms with E-state index < -0.39 is 23.4 Å². The molecular weight excluding hydrogens is 365 g/mol. The Morgan fingerprint density at radius 2 is 2.25 bits per heavy atom. The van der Waals surface area contributed by atoms with Crippen molar-refractivity contribution >= 4 is 17.6 Å². The van der Waals surface area contributed by atoms with Gasteiger partial charge in [0.25, 0.3) is 11.9 Å². The van der Waals surface area contributed by atoms with Crippen LogP contribution in [-0.4, -0.2) is 36.2 Å². The van der Waals surface area contributed by atoms with E-state index in [1.807, 2.05) is 6.07 Å². The number of pyridine rings is 1. The fourth-order valence-corrected chi connectivity index (χ4v) is 3.45. The van der Waals surface area contributed by atoms with Gasteiger partial charge in [-0.2, -0.15) is 5.26 Å². The number of aliphatic imine (C=N–C) groups is 1. The van der Waals surface area contributed by atoms with Gasteiger partial charge in [-0.1, -0.05) is 0 Å². The topological polar surface area (TPSA) is 123 Å². The number of rotatable bonds is 3. The monoisotopic (exact) mass is 381 g/mol. The van der Waals surface area contributed by atoms with Crippen molar-refractivity contribution in [3.8, 4) is 6.07 Å². The molecular formula is C19H16FN5O3. The maximum Gasteiger partial charge on any atom is 0.283 e. The van der Waals surface area contributed by atoms with Crippen molar-refractivity contribution in [1.82, 2.24) is 4.98 Å². The number of amidine groups is 1. The van der Waals surface area contributed by atoms with Gasteiger partial charge in [-0.3, -0.25) is 4.79 Å². The molecule has 2 aromatic rings. The number of hydrogen-bond donors (Lipinski definition) is 2. The highest BCUT2D eigenvalue weighted by molar-refractivity contribution is 6.02. The molecule has 0 saturated carbocycles. The Balaban J connectivity index is 1.65. The summed E-state index contributed by atoms with van der Waals surface area (Å²) in [5.41, 5.74) is 5.90. The molecule has 142 valence electrons. The number of halogens is 1. The molecule has 3 heterocycles. The number of carbonyl (C=O) groups is 1. The Labute approximate surface area is 159 Å². The molecule has 1 fully saturated rings. The van der Waals surface area contributed by atoms with Gasteiger partial charge < -0.3 is 20.5 Å². The minimum absolute atomic E-state index is 0.0163. The van der Waals surface area contributed by atoms with Gasteiger partial charge in [0, 0.05) is 23.9 Å². The molecule has 0 bridgehead atoms. The summed E-state index contributed by atoms with van der Waals surface area (Å²) in [5.74, 6) is -0.947. The summed E-state index contributed by atoms with van der Waals surface area (Å²) >= 11 is 0. The second-order valence-electron chi connectivity index (χ2n) is 6.49. The third kappa shape index (κ3) is 3.04. The van der Waals surface area contributed by atoms with Gasteiger partial charge in [-0.15, -0.1) is 0 Å². The third-order valence-electron chi connectivity index (χ3n) is 4.84. The molecule has 2 aliphatic heterocycles. The van der Waals surface area contributed by atoms with E-state index in [1.54, 1.807) is 0 Å². The molecule has 2 atom stereocenters. The van der Waals surface area contributed by atoms with Gasteiger partial charge in [0.2, 0.25) is 0 Å². The van der Waals surface area contributed by atoms with E-state index >= 15 is 0 Å². The molecule has 8 nitrogen and oxygen atoms in total. The number of nitrogens with zero attached hydrogens (tertiary/aromatic N) is 3. The highest BCUT2D eigenvalue weighted by Gasteiger charge is 2.50. The molecule has 1 saturated heterocycles. The van der Waals surface area contributed by atoms with E-state index in [0.717, 1.165) is 0 Å². The largest absolute Gasteiger partial charge is 0.463 e. The van der Waals surface area contributed by atoms with Crippen molar-refractivity contribution in [1.29, 1.82) is 5.26 Å². The number of anilines is 1. The molecule has 1 aromatic carbocycles. The number of hydrogen-bond acceptors (Lipinski definition) is 7. The highest BCUT2D eigenvalue weighted by atomic mass is 19.1. The first-order chi connectivity index (χ1) is 13.5. The van der Waals surface area contributed by atoms with Crippen molar-refractivity contribution in [2.75, 3.05) is 18.5 Å². The lowest BCUT2D eigenvalue weighted by atomic mass is 9.83. The number of ether oxygens (including phenoxy) is 2. The summed E-state index contributed by atoms with van der Waals surface area (Å²) in [4.78, 5) is 20.7. The second-order valence-corrected chi connectivity index (χ2v) is 6.49. The van der Waals surface area contributed by atoms with Crippen molar-refractivity contribution in [2.45, 2.75) is 18.1 Å². The average molecular weight is 381 g/mol. The van der Waals surface area contributed by atoms with E-state index in [1.165, 1.54) is 36.5 Å². The maximum atomic E-state index is 14.7. The van der Waals surface area contributed by atoms with Crippen LogP contribution in [0, 0.1) is 17.1 Å². The van der Waals surface area contributed by atoms with E-state index in [-0.39, 0.29) is 23.9 Å². The fraction of sp³-hybridized carbons (Fsp3) is 0.263. The second kappa shape index (κ2) is 6.90. The number of nitriles is 1. The lowest BCUT2D eigenvalue weighted by Gasteiger charge is -2.34. The standard InChI is InChI=1S/C19H16FN5O3/c20-14-3-2-12(24-17(26)15-4-1-11(8-21)9-23-15)7-13(14)19-5-6-27-16(19)10-28-18(22)25-19/h1-4,7,9,16H,5-6,10H2,(H2,22,25)(H,24,26)/t16-,19+/m1/s1. The molecule has 4 rings (SSSR count). The number of fused-ring (bicyclic) bond motifs is 1. The first-order valence-electron chi connectivity index (χ1n) is 8.59. The zero-order valence-corrected chi connectivity index (χ0v) is 14.7. The summed E-state index contributed by atoms with van der Waals surface area (Å²) in [6.07, 6.45) is 1.30. The first kappa shape index (κ1) is 17.9. The van der Waals surface area contributed by atoms with Crippen LogP contribution in [0.3, 0.4) is 0 Å². The van der Waals surface area contributed by atoms with Crippen molar-refractivity contribution < 1.29 is 18.7 Å². The van der Waals surface area contributed by atoms with E-state index in [9.17, 15) is 9.18 Å². The predicted molar refractivity (Wildman–Crippen MR) is 96.9 cm³/mol. The summed E-state index contributed by atoms with van der Waals surface area (Å²) in [7, 11) is 0. The lowest BCUT2D eigenvalue weighted by Crippen LogP contribution is -2.45. The molecule has 0 radical (unpaired) electrons. The molecule has 28 heavy (non-hydrogen) atoms. The normalized spacial score (nSPS) is 23.1. The van der Waals surface area contributed by atoms with Gasteiger partial charge in [0.15, 0.2) is 0 Å². The number of aromatic nitrogens is 1. The van der Waals surface area contributed by atoms with Crippen LogP contribution in [0.15, 0.2) is 41.5 Å². The van der Waals surface area contributed by atoms with Gasteiger partial charge in [-0.25, -0.2) is 14.4 Å². The summed E-state index contributed by atoms with van der Waals surface area (Å²) in [6, 6.07) is 9.11. The Morgan fingerprint density at radius 1 is 1.39 bits per heavy atom. The van der Waals surface area contributed by atoms with Crippen LogP contribution < -0.4 is 11.1 Å². The average Bonchev–Trinajstić information content (AvgIpc) is 3.13. The fourth-order valence-electron chi connectivity index (χ4n) is 3.45. The molecule has 1 amide bonds. The van der Waals surface area contributed by atoms with Crippen LogP contribution in [0.5, 0.6) is 0 Å². The number of nitrogens with one attached hydrogen (secondary N) is 1. The molecule has 1 aromatic heterocycles. The maximum absolute atomic E-state index is 14.7. The number of nitrogens with two attached hydrogens (primary N) is 1. The smallest absolute Gasteiger partial charge is 0.283 e. The van der Waals surface area contributed by atoms with Crippen LogP contribution in [0.2, 0.25) is 0 Å². The third-order valence-corrected chi connectivity index (χ3v) is 4.84. The molecule has 0 aliphatic carbocycles. The number of benzene rings is 1. The molecule has 3 N–H and O–H groups in total. The van der Waals surface area contributed by atoms with Crippen molar-refractivity contribution in [2.24, 2.45) is 10.7 Å². The van der Waals surface area contributed by atoms with Gasteiger partial charge in [-0.05, 0) is 30.3 Å². The van der Waals surface area contributed by atoms with E-state index in [0.29, 0.717) is 24.3 Å². The Bertz CT molecular complexity index is 1000. The summed E-state index contributed by atoms with van der Waals surface area (Å²) < 4.78 is 25.6. The molecule has 0 spiro atoms. The van der Waals surface area contributed by atoms with Gasteiger partial charge in [0.1, 0.15) is 35.8 Å². The molecule has 2 aliphatic rings. The summed E-state index contributed by atoms with van der Waals surface area (Å²) in [5, 5.41) is 11.5. The van der Waals surface area contributed by atoms with Gasteiger partial charge in [0.05, 0.1) is 12.2 Å². The highest BCUT2D eigenvalue weighted by Crippen LogP contribution is 2.43.